The molecule has 8 nitrogen and oxygen atoms in total. The second-order valence-corrected chi connectivity index (χ2v) is 6.33. The van der Waals surface area contributed by atoms with Crippen LogP contribution in [0.15, 0.2) is 41.5 Å². The topological polar surface area (TPSA) is 86.8 Å². The SMILES string of the molecule is CN=C(NCc1ccn[nH]1)NCC(c1ccc(OC)cc1)N1CCOCC1. The molecule has 0 aliphatic carbocycles. The van der Waals surface area contributed by atoms with Crippen molar-refractivity contribution in [2.24, 2.45) is 4.99 Å². The van der Waals surface area contributed by atoms with Crippen molar-refractivity contribution in [1.29, 1.82) is 0 Å². The maximum atomic E-state index is 5.52. The minimum Gasteiger partial charge on any atom is -0.497 e. The molecule has 0 amide bonds. The van der Waals surface area contributed by atoms with Gasteiger partial charge in [-0.1, -0.05) is 12.1 Å². The van der Waals surface area contributed by atoms with E-state index < -0.39 is 0 Å². The minimum atomic E-state index is 0.227. The summed E-state index contributed by atoms with van der Waals surface area (Å²) in [6, 6.07) is 10.4. The minimum absolute atomic E-state index is 0.227. The molecular weight excluding hydrogens is 344 g/mol. The zero-order valence-electron chi connectivity index (χ0n) is 15.9. The number of nitrogens with one attached hydrogen (secondary N) is 3. The van der Waals surface area contributed by atoms with Crippen LogP contribution < -0.4 is 15.4 Å². The molecule has 1 aromatic carbocycles. The lowest BCUT2D eigenvalue weighted by molar-refractivity contribution is 0.0170. The van der Waals surface area contributed by atoms with Crippen LogP contribution in [0.2, 0.25) is 0 Å². The molecule has 0 spiro atoms. The van der Waals surface area contributed by atoms with Crippen LogP contribution >= 0.6 is 0 Å². The molecule has 8 heteroatoms. The molecule has 1 aliphatic heterocycles. The number of aliphatic imine (C=N–C) groups is 1. The van der Waals surface area contributed by atoms with Gasteiger partial charge in [-0.3, -0.25) is 15.0 Å². The van der Waals surface area contributed by atoms with Gasteiger partial charge in [-0.25, -0.2) is 0 Å². The molecule has 1 unspecified atom stereocenters. The van der Waals surface area contributed by atoms with Crippen LogP contribution in [0.25, 0.3) is 0 Å². The quantitative estimate of drug-likeness (QED) is 0.499. The van der Waals surface area contributed by atoms with Crippen molar-refractivity contribution < 1.29 is 9.47 Å². The Morgan fingerprint density at radius 3 is 2.67 bits per heavy atom. The third-order valence-corrected chi connectivity index (χ3v) is 4.68. The number of nitrogens with zero attached hydrogens (tertiary/aromatic N) is 3. The number of benzene rings is 1. The fourth-order valence-corrected chi connectivity index (χ4v) is 3.15. The largest absolute Gasteiger partial charge is 0.497 e. The fraction of sp³-hybridized carbons (Fsp3) is 0.474. The lowest BCUT2D eigenvalue weighted by atomic mass is 10.0. The van der Waals surface area contributed by atoms with E-state index in [2.05, 4.69) is 42.9 Å². The highest BCUT2D eigenvalue weighted by Crippen LogP contribution is 2.23. The van der Waals surface area contributed by atoms with Gasteiger partial charge in [0.05, 0.1) is 38.6 Å². The van der Waals surface area contributed by atoms with Gasteiger partial charge in [-0.05, 0) is 23.8 Å². The Labute approximate surface area is 160 Å². The van der Waals surface area contributed by atoms with Crippen molar-refractivity contribution in [1.82, 2.24) is 25.7 Å². The van der Waals surface area contributed by atoms with Gasteiger partial charge in [-0.15, -0.1) is 0 Å². The summed E-state index contributed by atoms with van der Waals surface area (Å²) >= 11 is 0. The summed E-state index contributed by atoms with van der Waals surface area (Å²) in [4.78, 5) is 6.77. The maximum absolute atomic E-state index is 5.52. The lowest BCUT2D eigenvalue weighted by Gasteiger charge is -2.35. The monoisotopic (exact) mass is 372 g/mol. The molecule has 3 N–H and O–H groups in total. The van der Waals surface area contributed by atoms with Gasteiger partial charge in [0.2, 0.25) is 0 Å². The Hall–Kier alpha value is -2.58. The van der Waals surface area contributed by atoms with E-state index in [1.165, 1.54) is 5.56 Å². The molecular formula is C19H28N6O2. The van der Waals surface area contributed by atoms with Crippen LogP contribution in [0.4, 0.5) is 0 Å². The van der Waals surface area contributed by atoms with Crippen LogP contribution in [0, 0.1) is 0 Å². The summed E-state index contributed by atoms with van der Waals surface area (Å²) in [5, 5.41) is 13.7. The molecule has 146 valence electrons. The molecule has 3 rings (SSSR count). The van der Waals surface area contributed by atoms with Crippen LogP contribution in [0.1, 0.15) is 17.3 Å². The molecule has 2 aromatic rings. The molecule has 0 bridgehead atoms. The number of ether oxygens (including phenoxy) is 2. The zero-order valence-corrected chi connectivity index (χ0v) is 15.9. The highest BCUT2D eigenvalue weighted by Gasteiger charge is 2.23. The van der Waals surface area contributed by atoms with E-state index in [1.807, 2.05) is 18.2 Å². The number of hydrogen-bond acceptors (Lipinski definition) is 5. The third-order valence-electron chi connectivity index (χ3n) is 4.68. The van der Waals surface area contributed by atoms with Crippen molar-refractivity contribution in [2.75, 3.05) is 47.0 Å². The van der Waals surface area contributed by atoms with Gasteiger partial charge in [0.1, 0.15) is 5.75 Å². The van der Waals surface area contributed by atoms with Gasteiger partial charge in [0.25, 0.3) is 0 Å². The van der Waals surface area contributed by atoms with Crippen LogP contribution in [0.5, 0.6) is 5.75 Å². The van der Waals surface area contributed by atoms with E-state index in [0.29, 0.717) is 6.54 Å². The van der Waals surface area contributed by atoms with Gasteiger partial charge in [-0.2, -0.15) is 5.10 Å². The first-order valence-corrected chi connectivity index (χ1v) is 9.18. The Kier molecular flexibility index (Phi) is 7.06. The van der Waals surface area contributed by atoms with Gasteiger partial charge in [0.15, 0.2) is 5.96 Å². The number of H-pyrrole nitrogens is 1. The molecule has 1 fully saturated rings. The standard InChI is InChI=1S/C19H28N6O2/c1-20-19(21-13-16-7-8-23-24-16)22-14-18(25-9-11-27-12-10-25)15-3-5-17(26-2)6-4-15/h3-8,18H,9-14H2,1-2H3,(H,23,24)(H2,20,21,22). The molecule has 0 saturated carbocycles. The number of methoxy groups -OCH3 is 1. The summed E-state index contributed by atoms with van der Waals surface area (Å²) in [5.41, 5.74) is 2.26. The molecule has 1 aliphatic rings. The normalized spacial score (nSPS) is 16.7. The second-order valence-electron chi connectivity index (χ2n) is 6.33. The average molecular weight is 372 g/mol. The molecule has 27 heavy (non-hydrogen) atoms. The smallest absolute Gasteiger partial charge is 0.191 e. The fourth-order valence-electron chi connectivity index (χ4n) is 3.15. The number of morpholine rings is 1. The number of rotatable bonds is 7. The lowest BCUT2D eigenvalue weighted by Crippen LogP contribution is -2.46. The summed E-state index contributed by atoms with van der Waals surface area (Å²) in [6.07, 6.45) is 1.74. The van der Waals surface area contributed by atoms with Crippen molar-refractivity contribution in [3.05, 3.63) is 47.8 Å². The predicted octanol–water partition coefficient (Wildman–Crippen LogP) is 1.16. The molecule has 2 heterocycles. The van der Waals surface area contributed by atoms with E-state index in [-0.39, 0.29) is 6.04 Å². The summed E-state index contributed by atoms with van der Waals surface area (Å²) in [5.74, 6) is 1.63. The van der Waals surface area contributed by atoms with E-state index in [0.717, 1.165) is 50.3 Å². The van der Waals surface area contributed by atoms with Crippen molar-refractivity contribution >= 4 is 5.96 Å². The molecule has 1 atom stereocenters. The summed E-state index contributed by atoms with van der Waals surface area (Å²) < 4.78 is 10.8. The first-order chi connectivity index (χ1) is 13.3. The van der Waals surface area contributed by atoms with E-state index in [9.17, 15) is 0 Å². The number of aromatic nitrogens is 2. The number of hydrogen-bond donors (Lipinski definition) is 3. The second kappa shape index (κ2) is 9.94. The first-order valence-electron chi connectivity index (χ1n) is 9.18. The first kappa shape index (κ1) is 19.2. The highest BCUT2D eigenvalue weighted by atomic mass is 16.5. The highest BCUT2D eigenvalue weighted by molar-refractivity contribution is 5.79. The van der Waals surface area contributed by atoms with Crippen molar-refractivity contribution in [3.63, 3.8) is 0 Å². The number of guanidine groups is 1. The van der Waals surface area contributed by atoms with Gasteiger partial charge in [0, 0.05) is 32.9 Å². The van der Waals surface area contributed by atoms with Crippen LogP contribution in [-0.4, -0.2) is 68.1 Å². The maximum Gasteiger partial charge on any atom is 0.191 e. The van der Waals surface area contributed by atoms with Gasteiger partial charge >= 0.3 is 0 Å². The van der Waals surface area contributed by atoms with Crippen molar-refractivity contribution in [2.45, 2.75) is 12.6 Å². The third kappa shape index (κ3) is 5.45. The van der Waals surface area contributed by atoms with E-state index in [1.54, 1.807) is 20.4 Å². The summed E-state index contributed by atoms with van der Waals surface area (Å²) in [7, 11) is 3.46. The Morgan fingerprint density at radius 2 is 2.04 bits per heavy atom. The van der Waals surface area contributed by atoms with Crippen LogP contribution in [0.3, 0.4) is 0 Å². The Bertz CT molecular complexity index is 695. The number of aromatic amines is 1. The van der Waals surface area contributed by atoms with E-state index in [4.69, 9.17) is 9.47 Å². The molecule has 1 saturated heterocycles. The van der Waals surface area contributed by atoms with Gasteiger partial charge < -0.3 is 20.1 Å². The Morgan fingerprint density at radius 1 is 1.26 bits per heavy atom. The molecule has 1 aromatic heterocycles. The van der Waals surface area contributed by atoms with Crippen molar-refractivity contribution in [3.8, 4) is 5.75 Å². The molecule has 0 radical (unpaired) electrons. The van der Waals surface area contributed by atoms with E-state index >= 15 is 0 Å². The Balaban J connectivity index is 1.64. The average Bonchev–Trinajstić information content (AvgIpc) is 3.25. The van der Waals surface area contributed by atoms with Crippen LogP contribution in [-0.2, 0) is 11.3 Å². The predicted molar refractivity (Wildman–Crippen MR) is 105 cm³/mol. The summed E-state index contributed by atoms with van der Waals surface area (Å²) in [6.45, 7) is 4.75. The zero-order chi connectivity index (χ0) is 18.9.